The molecule has 1 heterocycles. The summed E-state index contributed by atoms with van der Waals surface area (Å²) in [6.45, 7) is 5.22. The molecule has 5 heteroatoms. The van der Waals surface area contributed by atoms with E-state index in [2.05, 4.69) is 16.4 Å². The molecule has 1 N–H and O–H groups in total. The fraction of sp³-hybridized carbons (Fsp3) is 0.238. The first-order chi connectivity index (χ1) is 12.6. The lowest BCUT2D eigenvalue weighted by Crippen LogP contribution is -2.29. The maximum Gasteiger partial charge on any atom is 0.258 e. The highest BCUT2D eigenvalue weighted by Crippen LogP contribution is 2.18. The van der Waals surface area contributed by atoms with Gasteiger partial charge in [-0.2, -0.15) is 0 Å². The van der Waals surface area contributed by atoms with Gasteiger partial charge in [0.15, 0.2) is 6.61 Å². The van der Waals surface area contributed by atoms with Crippen LogP contribution in [0.25, 0.3) is 0 Å². The van der Waals surface area contributed by atoms with Gasteiger partial charge in [-0.05, 0) is 36.6 Å². The van der Waals surface area contributed by atoms with Crippen molar-refractivity contribution in [1.82, 2.24) is 14.9 Å². The standard InChI is InChI=1S/C21H23N3O2/c1-16-7-8-20(17(2)11-16)26-14-21(25)23-12-18-5-3-4-6-19(18)13-24-10-9-22-15-24/h3-11,15H,12-14H2,1-2H3,(H,23,25). The van der Waals surface area contributed by atoms with Crippen LogP contribution in [-0.4, -0.2) is 22.1 Å². The van der Waals surface area contributed by atoms with Crippen LogP contribution in [0.4, 0.5) is 0 Å². The monoisotopic (exact) mass is 349 g/mol. The van der Waals surface area contributed by atoms with E-state index in [1.807, 2.05) is 61.0 Å². The molecule has 2 aromatic carbocycles. The molecule has 0 fully saturated rings. The summed E-state index contributed by atoms with van der Waals surface area (Å²) in [5.41, 5.74) is 4.44. The number of carbonyl (C=O) groups excluding carboxylic acids is 1. The van der Waals surface area contributed by atoms with Gasteiger partial charge in [0.05, 0.1) is 6.33 Å². The highest BCUT2D eigenvalue weighted by Gasteiger charge is 2.07. The van der Waals surface area contributed by atoms with E-state index < -0.39 is 0 Å². The first-order valence-electron chi connectivity index (χ1n) is 8.61. The van der Waals surface area contributed by atoms with Gasteiger partial charge in [-0.1, -0.05) is 42.0 Å². The number of amides is 1. The Morgan fingerprint density at radius 3 is 2.69 bits per heavy atom. The highest BCUT2D eigenvalue weighted by atomic mass is 16.5. The van der Waals surface area contributed by atoms with Crippen LogP contribution in [0, 0.1) is 13.8 Å². The number of ether oxygens (including phenoxy) is 1. The van der Waals surface area contributed by atoms with Crippen LogP contribution in [0.1, 0.15) is 22.3 Å². The molecule has 0 saturated carbocycles. The zero-order chi connectivity index (χ0) is 18.4. The minimum absolute atomic E-state index is 0.00753. The molecule has 0 aliphatic rings. The van der Waals surface area contributed by atoms with E-state index in [9.17, 15) is 4.79 Å². The number of imidazole rings is 1. The lowest BCUT2D eigenvalue weighted by Gasteiger charge is -2.12. The molecule has 0 aliphatic carbocycles. The Balaban J connectivity index is 1.54. The summed E-state index contributed by atoms with van der Waals surface area (Å²) in [6.07, 6.45) is 5.47. The summed E-state index contributed by atoms with van der Waals surface area (Å²) < 4.78 is 7.64. The third kappa shape index (κ3) is 4.72. The number of nitrogens with one attached hydrogen (secondary N) is 1. The number of hydrogen-bond acceptors (Lipinski definition) is 3. The first kappa shape index (κ1) is 17.7. The number of rotatable bonds is 7. The molecule has 1 aromatic heterocycles. The second-order valence-electron chi connectivity index (χ2n) is 6.34. The van der Waals surface area contributed by atoms with Crippen LogP contribution in [0.15, 0.2) is 61.2 Å². The molecular formula is C21H23N3O2. The molecule has 0 radical (unpaired) electrons. The summed E-state index contributed by atoms with van der Waals surface area (Å²) in [6, 6.07) is 14.0. The number of hydrogen-bond donors (Lipinski definition) is 1. The number of benzene rings is 2. The van der Waals surface area contributed by atoms with Crippen molar-refractivity contribution in [3.05, 3.63) is 83.4 Å². The summed E-state index contributed by atoms with van der Waals surface area (Å²) in [5, 5.41) is 2.93. The summed E-state index contributed by atoms with van der Waals surface area (Å²) in [7, 11) is 0. The van der Waals surface area contributed by atoms with Gasteiger partial charge < -0.3 is 14.6 Å². The zero-order valence-corrected chi connectivity index (χ0v) is 15.1. The fourth-order valence-corrected chi connectivity index (χ4v) is 2.81. The molecule has 0 aliphatic heterocycles. The second kappa shape index (κ2) is 8.34. The summed E-state index contributed by atoms with van der Waals surface area (Å²) in [4.78, 5) is 16.2. The number of carbonyl (C=O) groups is 1. The van der Waals surface area contributed by atoms with Crippen LogP contribution in [0.5, 0.6) is 5.75 Å². The molecule has 0 atom stereocenters. The van der Waals surface area contributed by atoms with Crippen molar-refractivity contribution in [3.8, 4) is 5.75 Å². The normalized spacial score (nSPS) is 10.5. The Morgan fingerprint density at radius 1 is 1.15 bits per heavy atom. The Kier molecular flexibility index (Phi) is 5.69. The van der Waals surface area contributed by atoms with Gasteiger partial charge in [0.25, 0.3) is 5.91 Å². The van der Waals surface area contributed by atoms with E-state index in [1.165, 1.54) is 5.56 Å². The van der Waals surface area contributed by atoms with Gasteiger partial charge >= 0.3 is 0 Å². The van der Waals surface area contributed by atoms with Crippen LogP contribution in [0.3, 0.4) is 0 Å². The molecule has 0 saturated heterocycles. The third-order valence-corrected chi connectivity index (χ3v) is 4.20. The predicted octanol–water partition coefficient (Wildman–Crippen LogP) is 3.24. The zero-order valence-electron chi connectivity index (χ0n) is 15.1. The quantitative estimate of drug-likeness (QED) is 0.712. The van der Waals surface area contributed by atoms with Gasteiger partial charge in [0.2, 0.25) is 0 Å². The van der Waals surface area contributed by atoms with E-state index in [0.717, 1.165) is 29.0 Å². The topological polar surface area (TPSA) is 56.1 Å². The third-order valence-electron chi connectivity index (χ3n) is 4.20. The van der Waals surface area contributed by atoms with Crippen molar-refractivity contribution in [2.75, 3.05) is 6.61 Å². The average molecular weight is 349 g/mol. The summed E-state index contributed by atoms with van der Waals surface area (Å²) >= 11 is 0. The smallest absolute Gasteiger partial charge is 0.258 e. The van der Waals surface area contributed by atoms with E-state index in [-0.39, 0.29) is 12.5 Å². The van der Waals surface area contributed by atoms with Gasteiger partial charge in [-0.25, -0.2) is 4.98 Å². The second-order valence-corrected chi connectivity index (χ2v) is 6.34. The van der Waals surface area contributed by atoms with E-state index in [1.54, 1.807) is 12.5 Å². The minimum Gasteiger partial charge on any atom is -0.484 e. The Labute approximate surface area is 153 Å². The van der Waals surface area contributed by atoms with Crippen LogP contribution < -0.4 is 10.1 Å². The van der Waals surface area contributed by atoms with Crippen LogP contribution in [-0.2, 0) is 17.9 Å². The van der Waals surface area contributed by atoms with Crippen molar-refractivity contribution in [2.45, 2.75) is 26.9 Å². The molecule has 0 spiro atoms. The largest absolute Gasteiger partial charge is 0.484 e. The van der Waals surface area contributed by atoms with Crippen molar-refractivity contribution in [2.24, 2.45) is 0 Å². The number of aromatic nitrogens is 2. The molecule has 0 unspecified atom stereocenters. The molecule has 3 aromatic rings. The van der Waals surface area contributed by atoms with Gasteiger partial charge in [-0.15, -0.1) is 0 Å². The SMILES string of the molecule is Cc1ccc(OCC(=O)NCc2ccccc2Cn2ccnc2)c(C)c1. The van der Waals surface area contributed by atoms with Crippen molar-refractivity contribution in [1.29, 1.82) is 0 Å². The maximum atomic E-state index is 12.1. The van der Waals surface area contributed by atoms with Gasteiger partial charge in [0, 0.05) is 25.5 Å². The molecule has 26 heavy (non-hydrogen) atoms. The first-order valence-corrected chi connectivity index (χ1v) is 8.61. The van der Waals surface area contributed by atoms with Gasteiger partial charge in [0.1, 0.15) is 5.75 Å². The number of nitrogens with zero attached hydrogens (tertiary/aromatic N) is 2. The molecule has 134 valence electrons. The van der Waals surface area contributed by atoms with E-state index >= 15 is 0 Å². The lowest BCUT2D eigenvalue weighted by molar-refractivity contribution is -0.123. The Morgan fingerprint density at radius 2 is 1.96 bits per heavy atom. The van der Waals surface area contributed by atoms with Crippen LogP contribution >= 0.6 is 0 Å². The fourth-order valence-electron chi connectivity index (χ4n) is 2.81. The number of aryl methyl sites for hydroxylation is 2. The van der Waals surface area contributed by atoms with Gasteiger partial charge in [-0.3, -0.25) is 4.79 Å². The highest BCUT2D eigenvalue weighted by molar-refractivity contribution is 5.77. The van der Waals surface area contributed by atoms with Crippen molar-refractivity contribution >= 4 is 5.91 Å². The maximum absolute atomic E-state index is 12.1. The Hall–Kier alpha value is -3.08. The average Bonchev–Trinajstić information content (AvgIpc) is 3.13. The Bertz CT molecular complexity index is 873. The van der Waals surface area contributed by atoms with E-state index in [4.69, 9.17) is 4.74 Å². The van der Waals surface area contributed by atoms with Crippen molar-refractivity contribution in [3.63, 3.8) is 0 Å². The molecule has 5 nitrogen and oxygen atoms in total. The minimum atomic E-state index is -0.137. The predicted molar refractivity (Wildman–Crippen MR) is 101 cm³/mol. The molecule has 0 bridgehead atoms. The van der Waals surface area contributed by atoms with Crippen molar-refractivity contribution < 1.29 is 9.53 Å². The lowest BCUT2D eigenvalue weighted by atomic mass is 10.1. The van der Waals surface area contributed by atoms with E-state index in [0.29, 0.717) is 6.54 Å². The van der Waals surface area contributed by atoms with Crippen LogP contribution in [0.2, 0.25) is 0 Å². The molecule has 1 amide bonds. The molecular weight excluding hydrogens is 326 g/mol. The summed E-state index contributed by atoms with van der Waals surface area (Å²) in [5.74, 6) is 0.605. The molecule has 3 rings (SSSR count).